The number of Topliss-reactive ketones (excluding diaryl/α,β-unsaturated/α-hetero) is 1. The summed E-state index contributed by atoms with van der Waals surface area (Å²) >= 11 is 1.44. The van der Waals surface area contributed by atoms with E-state index in [1.54, 1.807) is 11.4 Å². The lowest BCUT2D eigenvalue weighted by Gasteiger charge is -2.11. The first-order chi connectivity index (χ1) is 7.20. The number of carbonyl (C=O) groups is 2. The standard InChI is InChI=1S/C10H14N2O2S/c1-2-3-8(10(14)12-11)9(13)7-4-5-15-6-7/h4-6,8H,2-3,11H2,1H3,(H,12,14). The van der Waals surface area contributed by atoms with Crippen LogP contribution in [-0.4, -0.2) is 11.7 Å². The van der Waals surface area contributed by atoms with E-state index in [1.165, 1.54) is 11.3 Å². The van der Waals surface area contributed by atoms with Crippen LogP contribution in [0.15, 0.2) is 16.8 Å². The second kappa shape index (κ2) is 5.63. The number of hydrogen-bond donors (Lipinski definition) is 2. The number of amides is 1. The zero-order valence-electron chi connectivity index (χ0n) is 8.53. The molecule has 1 atom stereocenters. The van der Waals surface area contributed by atoms with Crippen LogP contribution in [0.2, 0.25) is 0 Å². The van der Waals surface area contributed by atoms with Gasteiger partial charge in [0.1, 0.15) is 5.92 Å². The quantitative estimate of drug-likeness (QED) is 0.261. The van der Waals surface area contributed by atoms with E-state index in [2.05, 4.69) is 0 Å². The van der Waals surface area contributed by atoms with Crippen LogP contribution in [0, 0.1) is 5.92 Å². The van der Waals surface area contributed by atoms with Crippen molar-refractivity contribution in [1.82, 2.24) is 5.43 Å². The van der Waals surface area contributed by atoms with Crippen molar-refractivity contribution in [3.05, 3.63) is 22.4 Å². The number of nitrogens with two attached hydrogens (primary N) is 1. The fourth-order valence-electron chi connectivity index (χ4n) is 1.38. The SMILES string of the molecule is CCCC(C(=O)NN)C(=O)c1ccsc1. The molecule has 1 heterocycles. The Hall–Kier alpha value is -1.20. The number of nitrogens with one attached hydrogen (secondary N) is 1. The van der Waals surface area contributed by atoms with Crippen LogP contribution in [-0.2, 0) is 4.79 Å². The maximum absolute atomic E-state index is 11.9. The van der Waals surface area contributed by atoms with Gasteiger partial charge in [-0.05, 0) is 17.9 Å². The van der Waals surface area contributed by atoms with Gasteiger partial charge < -0.3 is 0 Å². The maximum atomic E-state index is 11.9. The summed E-state index contributed by atoms with van der Waals surface area (Å²) in [6.45, 7) is 1.93. The lowest BCUT2D eigenvalue weighted by molar-refractivity contribution is -0.123. The Balaban J connectivity index is 2.80. The van der Waals surface area contributed by atoms with Crippen molar-refractivity contribution in [1.29, 1.82) is 0 Å². The van der Waals surface area contributed by atoms with Crippen LogP contribution in [0.1, 0.15) is 30.1 Å². The van der Waals surface area contributed by atoms with Gasteiger partial charge in [0.05, 0.1) is 0 Å². The molecule has 0 saturated heterocycles. The molecule has 3 N–H and O–H groups in total. The summed E-state index contributed by atoms with van der Waals surface area (Å²) in [5, 5.41) is 3.56. The van der Waals surface area contributed by atoms with E-state index in [0.717, 1.165) is 6.42 Å². The molecule has 0 aliphatic heterocycles. The molecule has 0 fully saturated rings. The zero-order chi connectivity index (χ0) is 11.3. The molecule has 1 unspecified atom stereocenters. The molecular weight excluding hydrogens is 212 g/mol. The van der Waals surface area contributed by atoms with Crippen molar-refractivity contribution in [3.63, 3.8) is 0 Å². The summed E-state index contributed by atoms with van der Waals surface area (Å²) in [6.07, 6.45) is 1.30. The highest BCUT2D eigenvalue weighted by Gasteiger charge is 2.26. The number of carbonyl (C=O) groups excluding carboxylic acids is 2. The van der Waals surface area contributed by atoms with Crippen molar-refractivity contribution in [3.8, 4) is 0 Å². The van der Waals surface area contributed by atoms with Crippen LogP contribution in [0.25, 0.3) is 0 Å². The molecule has 0 aliphatic rings. The molecule has 1 amide bonds. The minimum Gasteiger partial charge on any atom is -0.294 e. The first-order valence-electron chi connectivity index (χ1n) is 4.77. The van der Waals surface area contributed by atoms with E-state index >= 15 is 0 Å². The molecule has 1 aromatic rings. The highest BCUT2D eigenvalue weighted by Crippen LogP contribution is 2.16. The first kappa shape index (κ1) is 11.9. The molecule has 0 aliphatic carbocycles. The minimum absolute atomic E-state index is 0.152. The summed E-state index contributed by atoms with van der Waals surface area (Å²) in [4.78, 5) is 23.3. The summed E-state index contributed by atoms with van der Waals surface area (Å²) in [7, 11) is 0. The molecule has 5 heteroatoms. The Morgan fingerprint density at radius 3 is 2.80 bits per heavy atom. The Morgan fingerprint density at radius 2 is 2.33 bits per heavy atom. The van der Waals surface area contributed by atoms with Gasteiger partial charge in [-0.15, -0.1) is 0 Å². The van der Waals surface area contributed by atoms with Crippen molar-refractivity contribution in [2.75, 3.05) is 0 Å². The van der Waals surface area contributed by atoms with E-state index in [4.69, 9.17) is 5.84 Å². The van der Waals surface area contributed by atoms with Crippen LogP contribution in [0.5, 0.6) is 0 Å². The molecule has 82 valence electrons. The first-order valence-corrected chi connectivity index (χ1v) is 5.71. The maximum Gasteiger partial charge on any atom is 0.244 e. The van der Waals surface area contributed by atoms with Gasteiger partial charge in [-0.3, -0.25) is 15.0 Å². The van der Waals surface area contributed by atoms with Gasteiger partial charge in [-0.2, -0.15) is 11.3 Å². The Kier molecular flexibility index (Phi) is 4.45. The Labute approximate surface area is 92.4 Å². The Bertz CT molecular complexity index is 335. The number of hydrazine groups is 1. The molecule has 0 bridgehead atoms. The minimum atomic E-state index is -0.658. The van der Waals surface area contributed by atoms with Gasteiger partial charge in [0.25, 0.3) is 0 Å². The third kappa shape index (κ3) is 2.87. The van der Waals surface area contributed by atoms with E-state index in [9.17, 15) is 9.59 Å². The average molecular weight is 226 g/mol. The molecule has 1 aromatic heterocycles. The lowest BCUT2D eigenvalue weighted by atomic mass is 9.94. The normalized spacial score (nSPS) is 12.1. The second-order valence-corrected chi connectivity index (χ2v) is 4.01. The average Bonchev–Trinajstić information content (AvgIpc) is 2.77. The molecule has 0 spiro atoms. The molecule has 0 aromatic carbocycles. The molecule has 0 saturated carbocycles. The smallest absolute Gasteiger partial charge is 0.244 e. The molecular formula is C10H14N2O2S. The zero-order valence-corrected chi connectivity index (χ0v) is 9.34. The second-order valence-electron chi connectivity index (χ2n) is 3.23. The summed E-state index contributed by atoms with van der Waals surface area (Å²) in [6, 6.07) is 1.72. The summed E-state index contributed by atoms with van der Waals surface area (Å²) in [5.74, 6) is 3.83. The van der Waals surface area contributed by atoms with Crippen LogP contribution in [0.3, 0.4) is 0 Å². The highest BCUT2D eigenvalue weighted by molar-refractivity contribution is 7.08. The van der Waals surface area contributed by atoms with Gasteiger partial charge in [-0.1, -0.05) is 13.3 Å². The largest absolute Gasteiger partial charge is 0.294 e. The predicted molar refractivity (Wildman–Crippen MR) is 59.4 cm³/mol. The van der Waals surface area contributed by atoms with Crippen molar-refractivity contribution < 1.29 is 9.59 Å². The number of hydrogen-bond acceptors (Lipinski definition) is 4. The van der Waals surface area contributed by atoms with Crippen molar-refractivity contribution in [2.45, 2.75) is 19.8 Å². The topological polar surface area (TPSA) is 72.2 Å². The number of thiophene rings is 1. The fourth-order valence-corrected chi connectivity index (χ4v) is 2.02. The van der Waals surface area contributed by atoms with Gasteiger partial charge in [-0.25, -0.2) is 5.84 Å². The highest BCUT2D eigenvalue weighted by atomic mass is 32.1. The van der Waals surface area contributed by atoms with Crippen LogP contribution >= 0.6 is 11.3 Å². The number of rotatable bonds is 5. The summed E-state index contributed by atoms with van der Waals surface area (Å²) < 4.78 is 0. The van der Waals surface area contributed by atoms with Crippen LogP contribution < -0.4 is 11.3 Å². The lowest BCUT2D eigenvalue weighted by Crippen LogP contribution is -2.39. The van der Waals surface area contributed by atoms with Crippen LogP contribution in [0.4, 0.5) is 0 Å². The van der Waals surface area contributed by atoms with Crippen molar-refractivity contribution in [2.24, 2.45) is 11.8 Å². The third-order valence-electron chi connectivity index (χ3n) is 2.16. The van der Waals surface area contributed by atoms with E-state index in [-0.39, 0.29) is 5.78 Å². The van der Waals surface area contributed by atoms with E-state index in [1.807, 2.05) is 17.7 Å². The third-order valence-corrected chi connectivity index (χ3v) is 2.84. The Morgan fingerprint density at radius 1 is 1.60 bits per heavy atom. The molecule has 0 radical (unpaired) electrons. The van der Waals surface area contributed by atoms with Gasteiger partial charge >= 0.3 is 0 Å². The molecule has 15 heavy (non-hydrogen) atoms. The van der Waals surface area contributed by atoms with Gasteiger partial charge in [0.15, 0.2) is 5.78 Å². The monoisotopic (exact) mass is 226 g/mol. The van der Waals surface area contributed by atoms with E-state index < -0.39 is 11.8 Å². The predicted octanol–water partition coefficient (Wildman–Crippen LogP) is 1.34. The summed E-state index contributed by atoms with van der Waals surface area (Å²) in [5.41, 5.74) is 2.62. The number of ketones is 1. The van der Waals surface area contributed by atoms with Crippen molar-refractivity contribution >= 4 is 23.0 Å². The van der Waals surface area contributed by atoms with E-state index in [0.29, 0.717) is 12.0 Å². The van der Waals surface area contributed by atoms with Gasteiger partial charge in [0, 0.05) is 10.9 Å². The molecule has 1 rings (SSSR count). The van der Waals surface area contributed by atoms with Gasteiger partial charge in [0.2, 0.25) is 5.91 Å². The fraction of sp³-hybridized carbons (Fsp3) is 0.400. The molecule has 4 nitrogen and oxygen atoms in total.